The Morgan fingerprint density at radius 2 is 1.59 bits per heavy atom. The van der Waals surface area contributed by atoms with Crippen LogP contribution in [0, 0.1) is 6.92 Å². The lowest BCUT2D eigenvalue weighted by Crippen LogP contribution is -2.52. The minimum Gasteiger partial charge on any atom is -0.354 e. The van der Waals surface area contributed by atoms with E-state index >= 15 is 0 Å². The van der Waals surface area contributed by atoms with Gasteiger partial charge in [-0.3, -0.25) is 13.9 Å². The molecule has 41 heavy (non-hydrogen) atoms. The highest BCUT2D eigenvalue weighted by atomic mass is 35.5. The summed E-state index contributed by atoms with van der Waals surface area (Å²) in [7, 11) is -4.11. The Kier molecular flexibility index (Phi) is 12.1. The molecule has 0 saturated carbocycles. The number of hydrogen-bond acceptors (Lipinski definition) is 5. The van der Waals surface area contributed by atoms with Crippen LogP contribution in [0.4, 0.5) is 5.69 Å². The number of halogens is 1. The van der Waals surface area contributed by atoms with Crippen molar-refractivity contribution in [3.63, 3.8) is 0 Å². The molecule has 0 saturated heterocycles. The predicted octanol–water partition coefficient (Wildman–Crippen LogP) is 6.29. The molecule has 3 aromatic rings. The molecule has 3 rings (SSSR count). The van der Waals surface area contributed by atoms with Crippen LogP contribution in [0.3, 0.4) is 0 Å². The number of aryl methyl sites for hydroxylation is 1. The highest BCUT2D eigenvalue weighted by molar-refractivity contribution is 7.98. The SMILES string of the molecule is CCCCNC(=O)[C@@H](CC)N(Cc1ccc(Cl)cc1)C(=O)CN(c1ccc(C)cc1)S(=O)(=O)c1ccc(SC)cc1. The minimum atomic E-state index is -4.11. The molecule has 0 aromatic heterocycles. The van der Waals surface area contributed by atoms with Crippen LogP contribution < -0.4 is 9.62 Å². The summed E-state index contributed by atoms with van der Waals surface area (Å²) in [6.07, 6.45) is 4.02. The number of amides is 2. The smallest absolute Gasteiger partial charge is 0.264 e. The van der Waals surface area contributed by atoms with Crippen LogP contribution in [-0.2, 0) is 26.2 Å². The number of carbonyl (C=O) groups excluding carboxylic acids is 2. The van der Waals surface area contributed by atoms with E-state index in [0.29, 0.717) is 23.7 Å². The molecule has 7 nitrogen and oxygen atoms in total. The van der Waals surface area contributed by atoms with Crippen LogP contribution in [-0.4, -0.2) is 50.5 Å². The van der Waals surface area contributed by atoms with E-state index in [0.717, 1.165) is 33.2 Å². The third-order valence-corrected chi connectivity index (χ3v) is 9.51. The first-order valence-electron chi connectivity index (χ1n) is 13.7. The van der Waals surface area contributed by atoms with Gasteiger partial charge in [-0.25, -0.2) is 8.42 Å². The normalized spacial score (nSPS) is 12.0. The highest BCUT2D eigenvalue weighted by Gasteiger charge is 2.33. The highest BCUT2D eigenvalue weighted by Crippen LogP contribution is 2.27. The van der Waals surface area contributed by atoms with Gasteiger partial charge in [-0.2, -0.15) is 0 Å². The van der Waals surface area contributed by atoms with Gasteiger partial charge in [0, 0.05) is 23.0 Å². The van der Waals surface area contributed by atoms with Gasteiger partial charge in [0.05, 0.1) is 10.6 Å². The maximum Gasteiger partial charge on any atom is 0.264 e. The summed E-state index contributed by atoms with van der Waals surface area (Å²) >= 11 is 7.59. The molecule has 0 aliphatic heterocycles. The monoisotopic (exact) mass is 615 g/mol. The maximum atomic E-state index is 14.1. The van der Waals surface area contributed by atoms with Gasteiger partial charge in [0.15, 0.2) is 0 Å². The van der Waals surface area contributed by atoms with Gasteiger partial charge in [-0.05, 0) is 80.1 Å². The number of nitrogens with one attached hydrogen (secondary N) is 1. The lowest BCUT2D eigenvalue weighted by Gasteiger charge is -2.33. The van der Waals surface area contributed by atoms with Crippen molar-refractivity contribution < 1.29 is 18.0 Å². The van der Waals surface area contributed by atoms with Crippen LogP contribution >= 0.6 is 23.4 Å². The zero-order valence-electron chi connectivity index (χ0n) is 24.0. The van der Waals surface area contributed by atoms with Crippen LogP contribution in [0.5, 0.6) is 0 Å². The van der Waals surface area contributed by atoms with E-state index in [2.05, 4.69) is 5.32 Å². The Labute approximate surface area is 253 Å². The Balaban J connectivity index is 2.02. The fraction of sp³-hybridized carbons (Fsp3) is 0.355. The number of hydrogen-bond donors (Lipinski definition) is 1. The topological polar surface area (TPSA) is 86.8 Å². The lowest BCUT2D eigenvalue weighted by molar-refractivity contribution is -0.140. The predicted molar refractivity (Wildman–Crippen MR) is 168 cm³/mol. The number of rotatable bonds is 14. The van der Waals surface area contributed by atoms with E-state index < -0.39 is 28.5 Å². The molecule has 220 valence electrons. The molecule has 0 spiro atoms. The van der Waals surface area contributed by atoms with E-state index in [1.807, 2.05) is 27.0 Å². The lowest BCUT2D eigenvalue weighted by atomic mass is 10.1. The van der Waals surface area contributed by atoms with Crippen molar-refractivity contribution in [1.29, 1.82) is 0 Å². The Bertz CT molecular complexity index is 1400. The van der Waals surface area contributed by atoms with Gasteiger partial charge in [-0.1, -0.05) is 61.7 Å². The Hall–Kier alpha value is -3.01. The van der Waals surface area contributed by atoms with Crippen LogP contribution in [0.25, 0.3) is 0 Å². The van der Waals surface area contributed by atoms with Crippen LogP contribution in [0.2, 0.25) is 5.02 Å². The van der Waals surface area contributed by atoms with Crippen molar-refractivity contribution in [2.24, 2.45) is 0 Å². The second-order valence-electron chi connectivity index (χ2n) is 9.74. The van der Waals surface area contributed by atoms with Crippen LogP contribution in [0.1, 0.15) is 44.2 Å². The zero-order valence-corrected chi connectivity index (χ0v) is 26.4. The fourth-order valence-corrected chi connectivity index (χ4v) is 6.28. The molecular weight excluding hydrogens is 578 g/mol. The number of anilines is 1. The number of nitrogens with zero attached hydrogens (tertiary/aromatic N) is 2. The Morgan fingerprint density at radius 3 is 2.15 bits per heavy atom. The van der Waals surface area contributed by atoms with Crippen molar-refractivity contribution in [2.45, 2.75) is 62.4 Å². The molecule has 0 aliphatic rings. The molecule has 0 unspecified atom stereocenters. The minimum absolute atomic E-state index is 0.0808. The average Bonchev–Trinajstić information content (AvgIpc) is 2.97. The first kappa shape index (κ1) is 32.5. The van der Waals surface area contributed by atoms with Gasteiger partial charge >= 0.3 is 0 Å². The van der Waals surface area contributed by atoms with Crippen molar-refractivity contribution in [2.75, 3.05) is 23.7 Å². The molecule has 0 aliphatic carbocycles. The summed E-state index contributed by atoms with van der Waals surface area (Å²) < 4.78 is 29.1. The summed E-state index contributed by atoms with van der Waals surface area (Å²) in [6, 6.07) is 19.8. The number of carbonyl (C=O) groups is 2. The molecule has 10 heteroatoms. The van der Waals surface area contributed by atoms with E-state index in [1.54, 1.807) is 72.8 Å². The number of unbranched alkanes of at least 4 members (excludes halogenated alkanes) is 1. The summed E-state index contributed by atoms with van der Waals surface area (Å²) in [6.45, 7) is 5.95. The summed E-state index contributed by atoms with van der Waals surface area (Å²) in [5.41, 5.74) is 2.10. The zero-order chi connectivity index (χ0) is 30.0. The van der Waals surface area contributed by atoms with E-state index in [1.165, 1.54) is 16.7 Å². The van der Waals surface area contributed by atoms with E-state index in [9.17, 15) is 18.0 Å². The van der Waals surface area contributed by atoms with Crippen molar-refractivity contribution in [3.8, 4) is 0 Å². The van der Waals surface area contributed by atoms with Gasteiger partial charge in [0.25, 0.3) is 10.0 Å². The molecular formula is C31H38ClN3O4S2. The molecule has 0 bridgehead atoms. The largest absolute Gasteiger partial charge is 0.354 e. The molecule has 2 amide bonds. The fourth-order valence-electron chi connectivity index (χ4n) is 4.33. The van der Waals surface area contributed by atoms with Gasteiger partial charge in [-0.15, -0.1) is 11.8 Å². The summed E-state index contributed by atoms with van der Waals surface area (Å²) in [4.78, 5) is 29.8. The third-order valence-electron chi connectivity index (χ3n) is 6.73. The molecule has 1 atom stereocenters. The molecule has 0 radical (unpaired) electrons. The van der Waals surface area contributed by atoms with Gasteiger partial charge in [0.1, 0.15) is 12.6 Å². The average molecular weight is 616 g/mol. The number of thioether (sulfide) groups is 1. The second-order valence-corrected chi connectivity index (χ2v) is 12.9. The number of sulfonamides is 1. The van der Waals surface area contributed by atoms with E-state index in [-0.39, 0.29) is 17.3 Å². The quantitative estimate of drug-likeness (QED) is 0.170. The standard InChI is InChI=1S/C31H38ClN3O4S2/c1-5-7-20-33-31(37)29(6-2)34(21-24-10-12-25(32)13-11-24)30(36)22-35(26-14-8-23(3)9-15-26)41(38,39)28-18-16-27(40-4)17-19-28/h8-19,29H,5-7,20-22H2,1-4H3,(H,33,37)/t29-/m1/s1. The second kappa shape index (κ2) is 15.3. The van der Waals surface area contributed by atoms with Crippen LogP contribution in [0.15, 0.2) is 82.6 Å². The molecule has 3 aromatic carbocycles. The van der Waals surface area contributed by atoms with Gasteiger partial charge in [0.2, 0.25) is 11.8 Å². The number of benzene rings is 3. The molecule has 0 heterocycles. The van der Waals surface area contributed by atoms with Crippen molar-refractivity contribution in [3.05, 3.63) is 88.9 Å². The first-order valence-corrected chi connectivity index (χ1v) is 16.7. The molecule has 1 N–H and O–H groups in total. The Morgan fingerprint density at radius 1 is 0.951 bits per heavy atom. The maximum absolute atomic E-state index is 14.1. The van der Waals surface area contributed by atoms with Gasteiger partial charge < -0.3 is 10.2 Å². The van der Waals surface area contributed by atoms with Crippen molar-refractivity contribution in [1.82, 2.24) is 10.2 Å². The van der Waals surface area contributed by atoms with Crippen molar-refractivity contribution >= 4 is 50.9 Å². The first-order chi connectivity index (χ1) is 19.6. The third kappa shape index (κ3) is 8.74. The molecule has 0 fully saturated rings. The summed E-state index contributed by atoms with van der Waals surface area (Å²) in [5, 5.41) is 3.49. The van der Waals surface area contributed by atoms with E-state index in [4.69, 9.17) is 11.6 Å². The summed E-state index contributed by atoms with van der Waals surface area (Å²) in [5.74, 6) is -0.747.